The van der Waals surface area contributed by atoms with Gasteiger partial charge in [0.2, 0.25) is 0 Å². The maximum atomic E-state index is 13.2. The highest BCUT2D eigenvalue weighted by atomic mass is 16.6. The third-order valence-electron chi connectivity index (χ3n) is 5.91. The van der Waals surface area contributed by atoms with Crippen LogP contribution in [-0.4, -0.2) is 22.7 Å². The third-order valence-corrected chi connectivity index (χ3v) is 5.91. The van der Waals surface area contributed by atoms with E-state index in [2.05, 4.69) is 12.2 Å². The molecule has 3 N–H and O–H groups in total. The fourth-order valence-corrected chi connectivity index (χ4v) is 4.49. The molecule has 0 atom stereocenters. The topological polar surface area (TPSA) is 88.0 Å². The van der Waals surface area contributed by atoms with E-state index < -0.39 is 11.6 Å². The summed E-state index contributed by atoms with van der Waals surface area (Å²) in [6.45, 7) is 3.58. The number of unbranched alkanes of at least 4 members (excludes halogenated alkanes) is 1. The number of rotatable bonds is 5. The van der Waals surface area contributed by atoms with E-state index in [-0.39, 0.29) is 11.5 Å². The van der Waals surface area contributed by atoms with Crippen molar-refractivity contribution in [2.24, 2.45) is 0 Å². The summed E-state index contributed by atoms with van der Waals surface area (Å²) in [4.78, 5) is 13.2. The van der Waals surface area contributed by atoms with Gasteiger partial charge in [-0.15, -0.1) is 0 Å². The minimum Gasteiger partial charge on any atom is -0.508 e. The van der Waals surface area contributed by atoms with Gasteiger partial charge in [0.25, 0.3) is 0 Å². The molecule has 0 bridgehead atoms. The summed E-state index contributed by atoms with van der Waals surface area (Å²) < 4.78 is 12.1. The Morgan fingerprint density at radius 2 is 1.61 bits per heavy atom. The molecule has 158 valence electrons. The molecule has 0 aliphatic carbocycles. The molecule has 0 radical (unpaired) electrons. The maximum Gasteiger partial charge on any atom is 0.340 e. The number of nitrogens with one attached hydrogen (secondary N) is 1. The molecular weight excluding hydrogens is 394 g/mol. The Morgan fingerprint density at radius 3 is 2.26 bits per heavy atom. The first-order valence-corrected chi connectivity index (χ1v) is 10.5. The van der Waals surface area contributed by atoms with Crippen LogP contribution >= 0.6 is 0 Å². The van der Waals surface area contributed by atoms with E-state index in [1.807, 2.05) is 18.2 Å². The van der Waals surface area contributed by atoms with Gasteiger partial charge < -0.3 is 25.0 Å². The average molecular weight is 417 g/mol. The number of phenolic OH excluding ortho intramolecular Hbond substituents is 2. The Labute approximate surface area is 180 Å². The minimum atomic E-state index is -1.21. The lowest BCUT2D eigenvalue weighted by Crippen LogP contribution is -2.32. The van der Waals surface area contributed by atoms with Gasteiger partial charge in [0.05, 0.1) is 5.56 Å². The number of esters is 1. The summed E-state index contributed by atoms with van der Waals surface area (Å²) in [6.07, 6.45) is 2.16. The summed E-state index contributed by atoms with van der Waals surface area (Å²) in [5.41, 5.74) is 2.21. The molecular formula is C25H23NO5. The van der Waals surface area contributed by atoms with Crippen molar-refractivity contribution in [2.45, 2.75) is 31.9 Å². The molecule has 2 aliphatic heterocycles. The van der Waals surface area contributed by atoms with Gasteiger partial charge in [0.15, 0.2) is 5.60 Å². The lowest BCUT2D eigenvalue weighted by atomic mass is 9.77. The first-order valence-electron chi connectivity index (χ1n) is 10.5. The van der Waals surface area contributed by atoms with Crippen LogP contribution in [0.4, 0.5) is 0 Å². The van der Waals surface area contributed by atoms with E-state index in [4.69, 9.17) is 9.47 Å². The van der Waals surface area contributed by atoms with Crippen molar-refractivity contribution in [1.29, 1.82) is 0 Å². The minimum absolute atomic E-state index is 0.0379. The van der Waals surface area contributed by atoms with Crippen LogP contribution in [0.15, 0.2) is 54.6 Å². The quantitative estimate of drug-likeness (QED) is 0.417. The molecule has 3 aromatic rings. The zero-order chi connectivity index (χ0) is 21.6. The van der Waals surface area contributed by atoms with Crippen LogP contribution in [-0.2, 0) is 16.9 Å². The molecule has 0 unspecified atom stereocenters. The second-order valence-corrected chi connectivity index (χ2v) is 7.90. The van der Waals surface area contributed by atoms with Crippen LogP contribution in [0, 0.1) is 0 Å². The molecule has 0 fully saturated rings. The zero-order valence-electron chi connectivity index (χ0n) is 17.1. The predicted octanol–water partition coefficient (Wildman–Crippen LogP) is 4.56. The second kappa shape index (κ2) is 7.32. The molecule has 5 rings (SSSR count). The normalized spacial score (nSPS) is 15.1. The Morgan fingerprint density at radius 1 is 0.935 bits per heavy atom. The van der Waals surface area contributed by atoms with Crippen molar-refractivity contribution in [2.75, 3.05) is 6.54 Å². The van der Waals surface area contributed by atoms with Gasteiger partial charge in [0.1, 0.15) is 23.0 Å². The van der Waals surface area contributed by atoms with Crippen molar-refractivity contribution in [3.63, 3.8) is 0 Å². The zero-order valence-corrected chi connectivity index (χ0v) is 17.1. The van der Waals surface area contributed by atoms with Gasteiger partial charge in [-0.25, -0.2) is 4.79 Å². The number of phenols is 2. The van der Waals surface area contributed by atoms with Crippen molar-refractivity contribution in [3.05, 3.63) is 82.4 Å². The van der Waals surface area contributed by atoms with E-state index in [9.17, 15) is 15.0 Å². The molecule has 0 amide bonds. The highest BCUT2D eigenvalue weighted by Crippen LogP contribution is 2.57. The van der Waals surface area contributed by atoms with E-state index in [0.29, 0.717) is 34.7 Å². The van der Waals surface area contributed by atoms with Gasteiger partial charge in [-0.2, -0.15) is 0 Å². The van der Waals surface area contributed by atoms with Crippen molar-refractivity contribution >= 4 is 5.97 Å². The first-order chi connectivity index (χ1) is 15.0. The Balaban J connectivity index is 1.71. The fourth-order valence-electron chi connectivity index (χ4n) is 4.49. The summed E-state index contributed by atoms with van der Waals surface area (Å²) >= 11 is 0. The molecule has 3 aromatic carbocycles. The van der Waals surface area contributed by atoms with Gasteiger partial charge in [-0.05, 0) is 42.8 Å². The second-order valence-electron chi connectivity index (χ2n) is 7.90. The van der Waals surface area contributed by atoms with E-state index in [1.54, 1.807) is 24.3 Å². The molecule has 0 saturated carbocycles. The van der Waals surface area contributed by atoms with Gasteiger partial charge in [0, 0.05) is 35.4 Å². The van der Waals surface area contributed by atoms with E-state index in [1.165, 1.54) is 12.1 Å². The van der Waals surface area contributed by atoms with Crippen LogP contribution in [0.5, 0.6) is 23.0 Å². The number of ether oxygens (including phenoxy) is 2. The number of carbonyl (C=O) groups is 1. The third kappa shape index (κ3) is 2.94. The molecule has 6 heteroatoms. The summed E-state index contributed by atoms with van der Waals surface area (Å²) in [6, 6.07) is 15.3. The number of hydrogen-bond acceptors (Lipinski definition) is 6. The van der Waals surface area contributed by atoms with Crippen molar-refractivity contribution < 1.29 is 24.5 Å². The molecule has 2 aliphatic rings. The Bertz CT molecular complexity index is 1140. The van der Waals surface area contributed by atoms with Crippen LogP contribution in [0.25, 0.3) is 0 Å². The lowest BCUT2D eigenvalue weighted by Gasteiger charge is -2.36. The standard InChI is InChI=1S/C25H23NO5/c1-2-3-11-26-14-15-5-4-6-20-23(15)24(29)31-25(20)18-9-7-16(27)12-21(18)30-22-13-17(28)8-10-19(22)25/h4-10,12-13,26-28H,2-3,11,14H2,1H3. The number of hydrogen-bond donors (Lipinski definition) is 3. The Hall–Kier alpha value is -3.51. The van der Waals surface area contributed by atoms with Crippen molar-refractivity contribution in [1.82, 2.24) is 5.32 Å². The molecule has 31 heavy (non-hydrogen) atoms. The number of fused-ring (bicyclic) bond motifs is 6. The number of benzene rings is 3. The van der Waals surface area contributed by atoms with Gasteiger partial charge >= 0.3 is 5.97 Å². The summed E-state index contributed by atoms with van der Waals surface area (Å²) in [5, 5.41) is 23.4. The van der Waals surface area contributed by atoms with Crippen LogP contribution in [0.1, 0.15) is 52.4 Å². The fraction of sp³-hybridized carbons (Fsp3) is 0.240. The van der Waals surface area contributed by atoms with E-state index in [0.717, 1.165) is 30.5 Å². The monoisotopic (exact) mass is 417 g/mol. The van der Waals surface area contributed by atoms with Crippen LogP contribution < -0.4 is 10.1 Å². The lowest BCUT2D eigenvalue weighted by molar-refractivity contribution is 0.0223. The highest BCUT2D eigenvalue weighted by Gasteiger charge is 2.54. The Kier molecular flexibility index (Phi) is 4.59. The summed E-state index contributed by atoms with van der Waals surface area (Å²) in [5.74, 6) is 0.435. The molecule has 6 nitrogen and oxygen atoms in total. The number of carbonyl (C=O) groups excluding carboxylic acids is 1. The molecule has 0 saturated heterocycles. The largest absolute Gasteiger partial charge is 0.508 e. The van der Waals surface area contributed by atoms with Crippen LogP contribution in [0.3, 0.4) is 0 Å². The SMILES string of the molecule is CCCCNCc1cccc2c1C(=O)OC21c2ccc(O)cc2Oc2cc(O)ccc21. The molecule has 2 heterocycles. The van der Waals surface area contributed by atoms with Crippen molar-refractivity contribution in [3.8, 4) is 23.0 Å². The maximum absolute atomic E-state index is 13.2. The predicted molar refractivity (Wildman–Crippen MR) is 115 cm³/mol. The first kappa shape index (κ1) is 19.5. The highest BCUT2D eigenvalue weighted by molar-refractivity contribution is 5.98. The molecule has 1 spiro atoms. The summed E-state index contributed by atoms with van der Waals surface area (Å²) in [7, 11) is 0. The molecule has 0 aromatic heterocycles. The van der Waals surface area contributed by atoms with E-state index >= 15 is 0 Å². The smallest absolute Gasteiger partial charge is 0.340 e. The number of aromatic hydroxyl groups is 2. The average Bonchev–Trinajstić information content (AvgIpc) is 3.04. The van der Waals surface area contributed by atoms with Crippen LogP contribution in [0.2, 0.25) is 0 Å². The van der Waals surface area contributed by atoms with Gasteiger partial charge in [-0.1, -0.05) is 31.5 Å². The van der Waals surface area contributed by atoms with Gasteiger partial charge in [-0.3, -0.25) is 0 Å².